The monoisotopic (exact) mass is 339 g/mol. The Balaban J connectivity index is 1.77. The van der Waals surface area contributed by atoms with Crippen molar-refractivity contribution in [3.05, 3.63) is 52.0 Å². The van der Waals surface area contributed by atoms with Crippen LogP contribution < -0.4 is 5.32 Å². The van der Waals surface area contributed by atoms with Crippen LogP contribution in [-0.2, 0) is 6.54 Å². The summed E-state index contributed by atoms with van der Waals surface area (Å²) in [6.07, 6.45) is 2.67. The van der Waals surface area contributed by atoms with Crippen LogP contribution in [-0.4, -0.2) is 22.2 Å². The first-order valence-corrected chi connectivity index (χ1v) is 7.09. The number of hydrogen-bond donors (Lipinski definition) is 1. The van der Waals surface area contributed by atoms with E-state index in [1.165, 1.54) is 18.2 Å². The molecule has 0 aliphatic heterocycles. The molecule has 2 aromatic rings. The number of benzene rings is 1. The van der Waals surface area contributed by atoms with Gasteiger partial charge in [-0.3, -0.25) is 9.48 Å². The highest BCUT2D eigenvalue weighted by molar-refractivity contribution is 9.10. The molecule has 0 spiro atoms. The van der Waals surface area contributed by atoms with Gasteiger partial charge in [-0.2, -0.15) is 5.10 Å². The van der Waals surface area contributed by atoms with Gasteiger partial charge in [0.05, 0.1) is 10.2 Å². The largest absolute Gasteiger partial charge is 0.352 e. The number of halogens is 2. The van der Waals surface area contributed by atoms with E-state index in [9.17, 15) is 9.18 Å². The molecular formula is C14H15BrFN3O. The SMILES string of the molecule is Cc1nn(CCCNC(=O)c2cccc(F)c2)cc1Br. The molecule has 2 rings (SSSR count). The first kappa shape index (κ1) is 14.7. The first-order chi connectivity index (χ1) is 9.56. The fourth-order valence-electron chi connectivity index (χ4n) is 1.78. The van der Waals surface area contributed by atoms with E-state index in [0.29, 0.717) is 12.1 Å². The van der Waals surface area contributed by atoms with Gasteiger partial charge in [-0.15, -0.1) is 0 Å². The van der Waals surface area contributed by atoms with E-state index in [1.54, 1.807) is 6.07 Å². The molecular weight excluding hydrogens is 325 g/mol. The van der Waals surface area contributed by atoms with Crippen molar-refractivity contribution < 1.29 is 9.18 Å². The lowest BCUT2D eigenvalue weighted by molar-refractivity contribution is 0.0952. The summed E-state index contributed by atoms with van der Waals surface area (Å²) in [6, 6.07) is 5.65. The second-order valence-corrected chi connectivity index (χ2v) is 5.30. The highest BCUT2D eigenvalue weighted by atomic mass is 79.9. The van der Waals surface area contributed by atoms with Crippen LogP contribution in [0.4, 0.5) is 4.39 Å². The van der Waals surface area contributed by atoms with Crippen molar-refractivity contribution in [2.45, 2.75) is 19.9 Å². The first-order valence-electron chi connectivity index (χ1n) is 6.29. The number of rotatable bonds is 5. The Bertz CT molecular complexity index is 593. The topological polar surface area (TPSA) is 46.9 Å². The summed E-state index contributed by atoms with van der Waals surface area (Å²) in [6.45, 7) is 3.16. The smallest absolute Gasteiger partial charge is 0.251 e. The molecule has 0 fully saturated rings. The maximum absolute atomic E-state index is 13.0. The molecule has 0 unspecified atom stereocenters. The second-order valence-electron chi connectivity index (χ2n) is 4.45. The van der Waals surface area contributed by atoms with Crippen LogP contribution in [0.25, 0.3) is 0 Å². The molecule has 106 valence electrons. The minimum Gasteiger partial charge on any atom is -0.352 e. The second kappa shape index (κ2) is 6.65. The van der Waals surface area contributed by atoms with Crippen LogP contribution in [0.1, 0.15) is 22.5 Å². The number of hydrogen-bond acceptors (Lipinski definition) is 2. The maximum Gasteiger partial charge on any atom is 0.251 e. The third-order valence-corrected chi connectivity index (χ3v) is 3.60. The average molecular weight is 340 g/mol. The Labute approximate surface area is 125 Å². The van der Waals surface area contributed by atoms with Gasteiger partial charge in [0.2, 0.25) is 0 Å². The maximum atomic E-state index is 13.0. The van der Waals surface area contributed by atoms with Gasteiger partial charge in [-0.1, -0.05) is 6.07 Å². The molecule has 0 aliphatic rings. The van der Waals surface area contributed by atoms with Crippen molar-refractivity contribution in [1.82, 2.24) is 15.1 Å². The summed E-state index contributed by atoms with van der Waals surface area (Å²) in [7, 11) is 0. The van der Waals surface area contributed by atoms with Gasteiger partial charge in [-0.05, 0) is 47.5 Å². The Morgan fingerprint density at radius 3 is 2.95 bits per heavy atom. The van der Waals surface area contributed by atoms with E-state index in [2.05, 4.69) is 26.3 Å². The molecule has 0 atom stereocenters. The van der Waals surface area contributed by atoms with Crippen LogP contribution in [0.3, 0.4) is 0 Å². The van der Waals surface area contributed by atoms with Crippen LogP contribution in [0, 0.1) is 12.7 Å². The van der Waals surface area contributed by atoms with Crippen molar-refractivity contribution in [1.29, 1.82) is 0 Å². The third kappa shape index (κ3) is 3.90. The number of aryl methyl sites for hydroxylation is 2. The van der Waals surface area contributed by atoms with Crippen LogP contribution in [0.15, 0.2) is 34.9 Å². The minimum absolute atomic E-state index is 0.262. The molecule has 0 bridgehead atoms. The summed E-state index contributed by atoms with van der Waals surface area (Å²) in [5.74, 6) is -0.670. The predicted molar refractivity (Wildman–Crippen MR) is 78.0 cm³/mol. The Morgan fingerprint density at radius 2 is 2.30 bits per heavy atom. The van der Waals surface area contributed by atoms with Crippen molar-refractivity contribution in [3.8, 4) is 0 Å². The van der Waals surface area contributed by atoms with E-state index in [4.69, 9.17) is 0 Å². The molecule has 4 nitrogen and oxygen atoms in total. The van der Waals surface area contributed by atoms with Gasteiger partial charge in [0.25, 0.3) is 5.91 Å². The molecule has 1 heterocycles. The molecule has 1 N–H and O–H groups in total. The van der Waals surface area contributed by atoms with Crippen LogP contribution >= 0.6 is 15.9 Å². The Morgan fingerprint density at radius 1 is 1.50 bits per heavy atom. The number of carbonyl (C=O) groups is 1. The van der Waals surface area contributed by atoms with E-state index < -0.39 is 5.82 Å². The van der Waals surface area contributed by atoms with Crippen LogP contribution in [0.5, 0.6) is 0 Å². The molecule has 0 aliphatic carbocycles. The highest BCUT2D eigenvalue weighted by Crippen LogP contribution is 2.13. The molecule has 1 aromatic carbocycles. The Kier molecular flexibility index (Phi) is 4.89. The number of nitrogens with zero attached hydrogens (tertiary/aromatic N) is 2. The minimum atomic E-state index is -0.408. The van der Waals surface area contributed by atoms with Crippen molar-refractivity contribution in [2.75, 3.05) is 6.54 Å². The number of amides is 1. The molecule has 1 amide bonds. The number of carbonyl (C=O) groups excluding carboxylic acids is 1. The fourth-order valence-corrected chi connectivity index (χ4v) is 2.10. The molecule has 20 heavy (non-hydrogen) atoms. The zero-order valence-electron chi connectivity index (χ0n) is 11.1. The number of aromatic nitrogens is 2. The lowest BCUT2D eigenvalue weighted by Gasteiger charge is -2.05. The quantitative estimate of drug-likeness (QED) is 0.851. The van der Waals surface area contributed by atoms with Crippen molar-refractivity contribution in [3.63, 3.8) is 0 Å². The van der Waals surface area contributed by atoms with E-state index in [0.717, 1.165) is 23.1 Å². The van der Waals surface area contributed by atoms with Crippen LogP contribution in [0.2, 0.25) is 0 Å². The van der Waals surface area contributed by atoms with E-state index in [1.807, 2.05) is 17.8 Å². The fraction of sp³-hybridized carbons (Fsp3) is 0.286. The lowest BCUT2D eigenvalue weighted by Crippen LogP contribution is -2.25. The summed E-state index contributed by atoms with van der Waals surface area (Å²) < 4.78 is 15.8. The third-order valence-electron chi connectivity index (χ3n) is 2.82. The van der Waals surface area contributed by atoms with E-state index >= 15 is 0 Å². The lowest BCUT2D eigenvalue weighted by atomic mass is 10.2. The van der Waals surface area contributed by atoms with Gasteiger partial charge in [0.1, 0.15) is 5.82 Å². The van der Waals surface area contributed by atoms with Gasteiger partial charge in [0.15, 0.2) is 0 Å². The van der Waals surface area contributed by atoms with Gasteiger partial charge in [-0.25, -0.2) is 4.39 Å². The number of nitrogens with one attached hydrogen (secondary N) is 1. The average Bonchev–Trinajstić information content (AvgIpc) is 2.73. The van der Waals surface area contributed by atoms with Gasteiger partial charge >= 0.3 is 0 Å². The standard InChI is InChI=1S/C14H15BrFN3O/c1-10-13(15)9-19(18-10)7-3-6-17-14(20)11-4-2-5-12(16)8-11/h2,4-5,8-9H,3,6-7H2,1H3,(H,17,20). The zero-order chi connectivity index (χ0) is 14.5. The van der Waals surface area contributed by atoms with Crippen molar-refractivity contribution >= 4 is 21.8 Å². The molecule has 6 heteroatoms. The molecule has 0 saturated heterocycles. The van der Waals surface area contributed by atoms with Gasteiger partial charge < -0.3 is 5.32 Å². The van der Waals surface area contributed by atoms with Crippen molar-refractivity contribution in [2.24, 2.45) is 0 Å². The zero-order valence-corrected chi connectivity index (χ0v) is 12.7. The summed E-state index contributed by atoms with van der Waals surface area (Å²) >= 11 is 3.40. The summed E-state index contributed by atoms with van der Waals surface area (Å²) in [4.78, 5) is 11.8. The van der Waals surface area contributed by atoms with Gasteiger partial charge in [0, 0.05) is 24.8 Å². The molecule has 0 saturated carbocycles. The summed E-state index contributed by atoms with van der Waals surface area (Å²) in [5, 5.41) is 7.06. The molecule has 0 radical (unpaired) electrons. The summed E-state index contributed by atoms with van der Waals surface area (Å²) in [5.41, 5.74) is 1.27. The Hall–Kier alpha value is -1.69. The normalized spacial score (nSPS) is 10.6. The highest BCUT2D eigenvalue weighted by Gasteiger charge is 2.06. The predicted octanol–water partition coefficient (Wildman–Crippen LogP) is 2.91. The van der Waals surface area contributed by atoms with E-state index in [-0.39, 0.29) is 5.91 Å². The molecule has 1 aromatic heterocycles.